The van der Waals surface area contributed by atoms with E-state index in [1.807, 2.05) is 13.8 Å². The van der Waals surface area contributed by atoms with Crippen LogP contribution in [0, 0.1) is 5.92 Å². The summed E-state index contributed by atoms with van der Waals surface area (Å²) < 4.78 is 0. The van der Waals surface area contributed by atoms with Crippen LogP contribution < -0.4 is 21.7 Å². The molecular formula is C27H36N4O8. The van der Waals surface area contributed by atoms with E-state index in [1.165, 1.54) is 36.4 Å². The maximum absolute atomic E-state index is 13.3. The zero-order chi connectivity index (χ0) is 29.1. The number of nitrogens with two attached hydrogens (primary N) is 1. The molecular weight excluding hydrogens is 508 g/mol. The van der Waals surface area contributed by atoms with Gasteiger partial charge in [0, 0.05) is 6.42 Å². The summed E-state index contributed by atoms with van der Waals surface area (Å²) in [5.74, 6) is -3.52. The third-order valence-electron chi connectivity index (χ3n) is 5.88. The van der Waals surface area contributed by atoms with Crippen LogP contribution in [0.1, 0.15) is 31.4 Å². The lowest BCUT2D eigenvalue weighted by Gasteiger charge is -2.26. The number of carboxylic acids is 1. The van der Waals surface area contributed by atoms with E-state index in [4.69, 9.17) is 5.73 Å². The Bertz CT molecular complexity index is 1120. The van der Waals surface area contributed by atoms with Crippen LogP contribution in [-0.2, 0) is 32.0 Å². The number of nitrogens with one attached hydrogen (secondary N) is 3. The molecule has 2 rings (SSSR count). The van der Waals surface area contributed by atoms with Crippen LogP contribution >= 0.6 is 0 Å². The van der Waals surface area contributed by atoms with E-state index in [0.29, 0.717) is 11.1 Å². The Kier molecular flexibility index (Phi) is 11.7. The van der Waals surface area contributed by atoms with Gasteiger partial charge in [-0.15, -0.1) is 0 Å². The monoisotopic (exact) mass is 544 g/mol. The first kappa shape index (κ1) is 31.1. The summed E-state index contributed by atoms with van der Waals surface area (Å²) in [4.78, 5) is 50.4. The molecule has 0 aliphatic carbocycles. The fourth-order valence-electron chi connectivity index (χ4n) is 3.77. The lowest BCUT2D eigenvalue weighted by atomic mass is 10.00. The predicted molar refractivity (Wildman–Crippen MR) is 142 cm³/mol. The van der Waals surface area contributed by atoms with Gasteiger partial charge >= 0.3 is 5.97 Å². The molecule has 0 radical (unpaired) electrons. The molecule has 0 aromatic heterocycles. The second kappa shape index (κ2) is 14.7. The number of amides is 3. The number of aromatic hydroxyl groups is 2. The number of carbonyl (C=O) groups excluding carboxylic acids is 3. The van der Waals surface area contributed by atoms with Crippen LogP contribution in [0.25, 0.3) is 0 Å². The highest BCUT2D eigenvalue weighted by atomic mass is 16.4. The average Bonchev–Trinajstić information content (AvgIpc) is 2.88. The van der Waals surface area contributed by atoms with Crippen molar-refractivity contribution in [2.24, 2.45) is 11.7 Å². The van der Waals surface area contributed by atoms with Gasteiger partial charge in [0.05, 0.1) is 12.6 Å². The molecule has 12 heteroatoms. The minimum Gasteiger partial charge on any atom is -0.508 e. The molecule has 12 nitrogen and oxygen atoms in total. The molecule has 3 amide bonds. The van der Waals surface area contributed by atoms with E-state index in [1.54, 1.807) is 12.1 Å². The minimum atomic E-state index is -1.58. The maximum atomic E-state index is 13.3. The molecule has 212 valence electrons. The Labute approximate surface area is 226 Å². The molecule has 0 heterocycles. The normalized spacial score (nSPS) is 14.1. The Morgan fingerprint density at radius 3 is 1.62 bits per heavy atom. The van der Waals surface area contributed by atoms with Crippen LogP contribution in [0.15, 0.2) is 48.5 Å². The van der Waals surface area contributed by atoms with Crippen molar-refractivity contribution in [2.75, 3.05) is 6.61 Å². The number of phenols is 2. The van der Waals surface area contributed by atoms with Crippen LogP contribution in [-0.4, -0.2) is 74.9 Å². The third-order valence-corrected chi connectivity index (χ3v) is 5.88. The van der Waals surface area contributed by atoms with Crippen molar-refractivity contribution in [2.45, 2.75) is 57.3 Å². The Hall–Kier alpha value is -4.16. The molecule has 0 aliphatic rings. The Balaban J connectivity index is 2.19. The SMILES string of the molecule is CC(C)CC(NC(=O)C(N)Cc1ccc(O)cc1)C(=O)NC(Cc1ccc(O)cc1)C(=O)NC(CO)C(=O)O. The van der Waals surface area contributed by atoms with Gasteiger partial charge in [-0.05, 0) is 54.2 Å². The summed E-state index contributed by atoms with van der Waals surface area (Å²) in [5.41, 5.74) is 7.33. The standard InChI is InChI=1S/C27H36N4O8/c1-15(2)11-21(29-24(35)20(28)12-16-3-7-18(33)8-4-16)25(36)30-22(13-17-5-9-19(34)10-6-17)26(37)31-23(14-32)27(38)39/h3-10,15,20-23,32-34H,11-14,28H2,1-2H3,(H,29,35)(H,30,36)(H,31,37)(H,38,39). The lowest BCUT2D eigenvalue weighted by molar-refractivity contribution is -0.143. The Morgan fingerprint density at radius 2 is 1.15 bits per heavy atom. The van der Waals surface area contributed by atoms with E-state index in [-0.39, 0.29) is 36.7 Å². The molecule has 0 aliphatic heterocycles. The molecule has 2 aromatic rings. The number of benzene rings is 2. The van der Waals surface area contributed by atoms with Crippen LogP contribution in [0.5, 0.6) is 11.5 Å². The van der Waals surface area contributed by atoms with Crippen molar-refractivity contribution >= 4 is 23.7 Å². The first-order valence-electron chi connectivity index (χ1n) is 12.5. The van der Waals surface area contributed by atoms with E-state index in [0.717, 1.165) is 0 Å². The molecule has 39 heavy (non-hydrogen) atoms. The van der Waals surface area contributed by atoms with Crippen molar-refractivity contribution in [1.82, 2.24) is 16.0 Å². The highest BCUT2D eigenvalue weighted by Gasteiger charge is 2.30. The van der Waals surface area contributed by atoms with Crippen LogP contribution in [0.3, 0.4) is 0 Å². The quantitative estimate of drug-likeness (QED) is 0.158. The number of carboxylic acid groups (broad SMARTS) is 1. The van der Waals surface area contributed by atoms with Gasteiger partial charge in [0.15, 0.2) is 0 Å². The fourth-order valence-corrected chi connectivity index (χ4v) is 3.77. The summed E-state index contributed by atoms with van der Waals surface area (Å²) in [7, 11) is 0. The van der Waals surface area contributed by atoms with Gasteiger partial charge in [-0.2, -0.15) is 0 Å². The molecule has 0 fully saturated rings. The molecule has 0 spiro atoms. The zero-order valence-electron chi connectivity index (χ0n) is 21.8. The number of phenolic OH excluding ortho intramolecular Hbond substituents is 2. The van der Waals surface area contributed by atoms with Crippen molar-refractivity contribution < 1.29 is 39.6 Å². The van der Waals surface area contributed by atoms with Gasteiger partial charge in [-0.1, -0.05) is 38.1 Å². The highest BCUT2D eigenvalue weighted by Crippen LogP contribution is 2.14. The van der Waals surface area contributed by atoms with Gasteiger partial charge in [-0.3, -0.25) is 14.4 Å². The second-order valence-electron chi connectivity index (χ2n) is 9.68. The number of hydrogen-bond acceptors (Lipinski definition) is 8. The lowest BCUT2D eigenvalue weighted by Crippen LogP contribution is -2.58. The second-order valence-corrected chi connectivity index (χ2v) is 9.68. The van der Waals surface area contributed by atoms with E-state index in [9.17, 15) is 39.6 Å². The molecule has 0 saturated carbocycles. The van der Waals surface area contributed by atoms with Gasteiger partial charge in [0.2, 0.25) is 17.7 Å². The number of rotatable bonds is 14. The van der Waals surface area contributed by atoms with Crippen molar-refractivity contribution in [1.29, 1.82) is 0 Å². The summed E-state index contributed by atoms with van der Waals surface area (Å²) in [6, 6.07) is 7.20. The number of aliphatic hydroxyl groups is 1. The number of carbonyl (C=O) groups is 4. The number of aliphatic carboxylic acids is 1. The van der Waals surface area contributed by atoms with Crippen molar-refractivity contribution in [3.63, 3.8) is 0 Å². The molecule has 4 atom stereocenters. The highest BCUT2D eigenvalue weighted by molar-refractivity contribution is 5.94. The molecule has 4 unspecified atom stereocenters. The first-order chi connectivity index (χ1) is 18.4. The van der Waals surface area contributed by atoms with Crippen LogP contribution in [0.4, 0.5) is 0 Å². The van der Waals surface area contributed by atoms with Crippen LogP contribution in [0.2, 0.25) is 0 Å². The molecule has 0 saturated heterocycles. The van der Waals surface area contributed by atoms with E-state index >= 15 is 0 Å². The molecule has 0 bridgehead atoms. The van der Waals surface area contributed by atoms with Crippen molar-refractivity contribution in [3.05, 3.63) is 59.7 Å². The van der Waals surface area contributed by atoms with Crippen molar-refractivity contribution in [3.8, 4) is 11.5 Å². The average molecular weight is 545 g/mol. The number of hydrogen-bond donors (Lipinski definition) is 8. The van der Waals surface area contributed by atoms with E-state index < -0.39 is 54.5 Å². The summed E-state index contributed by atoms with van der Waals surface area (Å²) >= 11 is 0. The zero-order valence-corrected chi connectivity index (χ0v) is 21.8. The summed E-state index contributed by atoms with van der Waals surface area (Å²) in [6.07, 6.45) is 0.329. The topological polar surface area (TPSA) is 211 Å². The van der Waals surface area contributed by atoms with Gasteiger partial charge in [0.1, 0.15) is 29.6 Å². The smallest absolute Gasteiger partial charge is 0.328 e. The van der Waals surface area contributed by atoms with Gasteiger partial charge in [-0.25, -0.2) is 4.79 Å². The fraction of sp³-hybridized carbons (Fsp3) is 0.407. The third kappa shape index (κ3) is 10.3. The predicted octanol–water partition coefficient (Wildman–Crippen LogP) is -0.212. The number of aliphatic hydroxyl groups excluding tert-OH is 1. The summed E-state index contributed by atoms with van der Waals surface area (Å²) in [6.45, 7) is 2.84. The largest absolute Gasteiger partial charge is 0.508 e. The summed E-state index contributed by atoms with van der Waals surface area (Å²) in [5, 5.41) is 44.9. The molecule has 9 N–H and O–H groups in total. The maximum Gasteiger partial charge on any atom is 0.328 e. The molecule has 2 aromatic carbocycles. The minimum absolute atomic E-state index is 0.00152. The first-order valence-corrected chi connectivity index (χ1v) is 12.5. The van der Waals surface area contributed by atoms with Gasteiger partial charge < -0.3 is 42.1 Å². The van der Waals surface area contributed by atoms with Gasteiger partial charge in [0.25, 0.3) is 0 Å². The van der Waals surface area contributed by atoms with E-state index in [2.05, 4.69) is 16.0 Å². The Morgan fingerprint density at radius 1 is 0.718 bits per heavy atom.